The third-order valence-electron chi connectivity index (χ3n) is 2.26. The Morgan fingerprint density at radius 2 is 1.82 bits per heavy atom. The molecule has 0 spiro atoms. The van der Waals surface area contributed by atoms with E-state index in [0.29, 0.717) is 5.92 Å². The van der Waals surface area contributed by atoms with Crippen molar-refractivity contribution in [3.63, 3.8) is 0 Å². The Kier molecular flexibility index (Phi) is 4.68. The molecule has 94 valence electrons. The van der Waals surface area contributed by atoms with Gasteiger partial charge in [0.2, 0.25) is 15.3 Å². The van der Waals surface area contributed by atoms with Gasteiger partial charge >= 0.3 is 0 Å². The Labute approximate surface area is 106 Å². The molecule has 0 heterocycles. The molecule has 17 heavy (non-hydrogen) atoms. The van der Waals surface area contributed by atoms with Gasteiger partial charge in [0.25, 0.3) is 0 Å². The van der Waals surface area contributed by atoms with E-state index in [1.54, 1.807) is 12.1 Å². The maximum Gasteiger partial charge on any atom is 0.241 e. The Morgan fingerprint density at radius 3 is 2.24 bits per heavy atom. The second-order valence-electron chi connectivity index (χ2n) is 3.90. The third kappa shape index (κ3) is 4.11. The molecule has 0 radical (unpaired) electrons. The van der Waals surface area contributed by atoms with Gasteiger partial charge in [-0.05, 0) is 35.2 Å². The zero-order valence-electron chi connectivity index (χ0n) is 9.60. The first kappa shape index (κ1) is 14.2. The fourth-order valence-electron chi connectivity index (χ4n) is 1.27. The van der Waals surface area contributed by atoms with E-state index >= 15 is 0 Å². The van der Waals surface area contributed by atoms with Gasteiger partial charge in [-0.25, -0.2) is 13.1 Å². The van der Waals surface area contributed by atoms with Crippen LogP contribution in [0.3, 0.4) is 0 Å². The Bertz CT molecular complexity index is 494. The first-order valence-corrected chi connectivity index (χ1v) is 6.97. The highest BCUT2D eigenvalue weighted by atomic mass is 35.5. The number of nitrogens with one attached hydrogen (secondary N) is 1. The van der Waals surface area contributed by atoms with Crippen LogP contribution in [-0.4, -0.2) is 20.2 Å². The average Bonchev–Trinajstić information content (AvgIpc) is 2.27. The highest BCUT2D eigenvalue weighted by Crippen LogP contribution is 2.17. The van der Waals surface area contributed by atoms with Gasteiger partial charge in [0.15, 0.2) is 0 Å². The van der Waals surface area contributed by atoms with Crippen LogP contribution in [0, 0.1) is 0 Å². The number of rotatable bonds is 5. The summed E-state index contributed by atoms with van der Waals surface area (Å²) in [6.45, 7) is 3.64. The van der Waals surface area contributed by atoms with Crippen molar-refractivity contribution in [3.05, 3.63) is 29.8 Å². The lowest BCUT2D eigenvalue weighted by Gasteiger charge is -2.08. The van der Waals surface area contributed by atoms with E-state index in [0.717, 1.165) is 5.56 Å². The molecule has 1 aromatic rings. The summed E-state index contributed by atoms with van der Waals surface area (Å²) < 4.78 is 25.5. The van der Waals surface area contributed by atoms with E-state index in [2.05, 4.69) is 4.72 Å². The van der Waals surface area contributed by atoms with E-state index in [1.165, 1.54) is 12.1 Å². The molecule has 6 heteroatoms. The van der Waals surface area contributed by atoms with Crippen LogP contribution in [-0.2, 0) is 14.8 Å². The second kappa shape index (κ2) is 5.62. The summed E-state index contributed by atoms with van der Waals surface area (Å²) >= 11 is 5.07. The molecule has 0 aliphatic rings. The number of sulfonamides is 1. The van der Waals surface area contributed by atoms with Gasteiger partial charge in [-0.2, -0.15) is 0 Å². The van der Waals surface area contributed by atoms with Gasteiger partial charge in [-0.3, -0.25) is 4.79 Å². The summed E-state index contributed by atoms with van der Waals surface area (Å²) in [7, 11) is -3.65. The van der Waals surface area contributed by atoms with Crippen molar-refractivity contribution in [3.8, 4) is 0 Å². The molecule has 1 N–H and O–H groups in total. The van der Waals surface area contributed by atoms with Crippen LogP contribution in [0.4, 0.5) is 0 Å². The van der Waals surface area contributed by atoms with Crippen molar-refractivity contribution in [2.24, 2.45) is 0 Å². The number of hydrogen-bond donors (Lipinski definition) is 1. The van der Waals surface area contributed by atoms with Crippen molar-refractivity contribution in [2.75, 3.05) is 6.54 Å². The van der Waals surface area contributed by atoms with Crippen LogP contribution in [0.1, 0.15) is 25.3 Å². The molecule has 0 saturated heterocycles. The minimum absolute atomic E-state index is 0.125. The molecule has 0 saturated carbocycles. The van der Waals surface area contributed by atoms with Gasteiger partial charge < -0.3 is 0 Å². The first-order valence-electron chi connectivity index (χ1n) is 5.11. The van der Waals surface area contributed by atoms with Gasteiger partial charge in [0.1, 0.15) is 0 Å². The van der Waals surface area contributed by atoms with E-state index in [9.17, 15) is 13.2 Å². The zero-order chi connectivity index (χ0) is 13.1. The topological polar surface area (TPSA) is 63.2 Å². The quantitative estimate of drug-likeness (QED) is 0.834. The molecule has 1 rings (SSSR count). The number of halogens is 1. The Balaban J connectivity index is 2.89. The van der Waals surface area contributed by atoms with Crippen LogP contribution in [0.15, 0.2) is 29.2 Å². The fourth-order valence-corrected chi connectivity index (χ4v) is 2.40. The minimum Gasteiger partial charge on any atom is -0.280 e. The van der Waals surface area contributed by atoms with Crippen molar-refractivity contribution in [1.82, 2.24) is 4.72 Å². The van der Waals surface area contributed by atoms with E-state index in [1.807, 2.05) is 13.8 Å². The van der Waals surface area contributed by atoms with Crippen LogP contribution in [0.25, 0.3) is 0 Å². The maximum atomic E-state index is 11.7. The normalized spacial score (nSPS) is 11.8. The molecule has 0 aliphatic heterocycles. The molecule has 0 aliphatic carbocycles. The molecule has 0 unspecified atom stereocenters. The molecular weight excluding hydrogens is 262 g/mol. The largest absolute Gasteiger partial charge is 0.280 e. The molecular formula is C11H14ClNO3S. The Morgan fingerprint density at radius 1 is 1.29 bits per heavy atom. The average molecular weight is 276 g/mol. The smallest absolute Gasteiger partial charge is 0.241 e. The summed E-state index contributed by atoms with van der Waals surface area (Å²) in [5.41, 5.74) is 1.05. The molecule has 0 fully saturated rings. The first-order chi connectivity index (χ1) is 7.83. The minimum atomic E-state index is -3.65. The molecule has 0 amide bonds. The SMILES string of the molecule is CC(C)c1ccc(S(=O)(=O)NCC(=O)Cl)cc1. The number of carbonyl (C=O) groups is 1. The standard InChI is InChI=1S/C11H14ClNO3S/c1-8(2)9-3-5-10(6-4-9)17(15,16)13-7-11(12)14/h3-6,8,13H,7H2,1-2H3. The van der Waals surface area contributed by atoms with Crippen molar-refractivity contribution < 1.29 is 13.2 Å². The summed E-state index contributed by atoms with van der Waals surface area (Å²) in [4.78, 5) is 10.6. The molecule has 0 aromatic heterocycles. The number of benzene rings is 1. The van der Waals surface area contributed by atoms with E-state index in [4.69, 9.17) is 11.6 Å². The Hall–Kier alpha value is -0.910. The molecule has 0 atom stereocenters. The van der Waals surface area contributed by atoms with Gasteiger partial charge in [0.05, 0.1) is 11.4 Å². The van der Waals surface area contributed by atoms with Gasteiger partial charge in [-0.15, -0.1) is 0 Å². The van der Waals surface area contributed by atoms with Crippen molar-refractivity contribution >= 4 is 26.9 Å². The number of hydrogen-bond acceptors (Lipinski definition) is 3. The number of carbonyl (C=O) groups excluding carboxylic acids is 1. The van der Waals surface area contributed by atoms with E-state index < -0.39 is 21.8 Å². The van der Waals surface area contributed by atoms with Crippen LogP contribution in [0.2, 0.25) is 0 Å². The fraction of sp³-hybridized carbons (Fsp3) is 0.364. The van der Waals surface area contributed by atoms with Crippen LogP contribution in [0.5, 0.6) is 0 Å². The lowest BCUT2D eigenvalue weighted by molar-refractivity contribution is -0.110. The monoisotopic (exact) mass is 275 g/mol. The highest BCUT2D eigenvalue weighted by Gasteiger charge is 2.14. The highest BCUT2D eigenvalue weighted by molar-refractivity contribution is 7.89. The predicted octanol–water partition coefficient (Wildman–Crippen LogP) is 1.85. The lowest BCUT2D eigenvalue weighted by atomic mass is 10.0. The molecule has 1 aromatic carbocycles. The van der Waals surface area contributed by atoms with Crippen molar-refractivity contribution in [2.45, 2.75) is 24.7 Å². The van der Waals surface area contributed by atoms with Crippen LogP contribution < -0.4 is 4.72 Å². The predicted molar refractivity (Wildman–Crippen MR) is 66.6 cm³/mol. The lowest BCUT2D eigenvalue weighted by Crippen LogP contribution is -2.27. The van der Waals surface area contributed by atoms with E-state index in [-0.39, 0.29) is 4.90 Å². The second-order valence-corrected chi connectivity index (χ2v) is 6.09. The summed E-state index contributed by atoms with van der Waals surface area (Å²) in [5.74, 6) is 0.337. The van der Waals surface area contributed by atoms with Gasteiger partial charge in [0, 0.05) is 0 Å². The summed E-state index contributed by atoms with van der Waals surface area (Å²) in [6.07, 6.45) is 0. The van der Waals surface area contributed by atoms with Crippen molar-refractivity contribution in [1.29, 1.82) is 0 Å². The van der Waals surface area contributed by atoms with Crippen LogP contribution >= 0.6 is 11.6 Å². The third-order valence-corrected chi connectivity index (χ3v) is 3.81. The zero-order valence-corrected chi connectivity index (χ0v) is 11.2. The van der Waals surface area contributed by atoms with Gasteiger partial charge in [-0.1, -0.05) is 26.0 Å². The molecule has 4 nitrogen and oxygen atoms in total. The summed E-state index contributed by atoms with van der Waals surface area (Å²) in [6, 6.07) is 6.52. The molecule has 0 bridgehead atoms. The maximum absolute atomic E-state index is 11.7. The summed E-state index contributed by atoms with van der Waals surface area (Å²) in [5, 5.41) is -0.743.